The number of anilines is 1. The predicted molar refractivity (Wildman–Crippen MR) is 67.6 cm³/mol. The molecule has 1 aliphatic heterocycles. The van der Waals surface area contributed by atoms with Crippen LogP contribution in [0.5, 0.6) is 0 Å². The van der Waals surface area contributed by atoms with Crippen molar-refractivity contribution in [2.45, 2.75) is 6.92 Å². The lowest BCUT2D eigenvalue weighted by molar-refractivity contribution is 0.202. The Kier molecular flexibility index (Phi) is 3.95. The number of carbonyl (C=O) groups is 1. The molecule has 0 bridgehead atoms. The fourth-order valence-corrected chi connectivity index (χ4v) is 1.85. The van der Waals surface area contributed by atoms with E-state index in [0.717, 1.165) is 18.8 Å². The van der Waals surface area contributed by atoms with Crippen molar-refractivity contribution in [1.29, 1.82) is 0 Å². The van der Waals surface area contributed by atoms with Crippen LogP contribution in [-0.2, 0) is 0 Å². The van der Waals surface area contributed by atoms with Gasteiger partial charge in [0.2, 0.25) is 0 Å². The molecule has 2 N–H and O–H groups in total. The van der Waals surface area contributed by atoms with Gasteiger partial charge in [0.15, 0.2) is 0 Å². The number of hydrogen-bond donors (Lipinski definition) is 2. The lowest BCUT2D eigenvalue weighted by Gasteiger charge is -2.24. The van der Waals surface area contributed by atoms with Crippen LogP contribution < -0.4 is 15.6 Å². The Balaban J connectivity index is 2.00. The number of benzene rings is 1. The molecular weight excluding hydrogens is 216 g/mol. The highest BCUT2D eigenvalue weighted by Gasteiger charge is 2.18. The Bertz CT molecular complexity index is 362. The van der Waals surface area contributed by atoms with Gasteiger partial charge in [0.25, 0.3) is 0 Å². The van der Waals surface area contributed by atoms with E-state index in [0.29, 0.717) is 13.2 Å². The summed E-state index contributed by atoms with van der Waals surface area (Å²) < 4.78 is 0. The maximum atomic E-state index is 12.1. The molecule has 2 rings (SSSR count). The van der Waals surface area contributed by atoms with Gasteiger partial charge in [-0.2, -0.15) is 0 Å². The molecule has 2 amide bonds. The van der Waals surface area contributed by atoms with Crippen molar-refractivity contribution in [3.63, 3.8) is 0 Å². The number of carbonyl (C=O) groups excluding carboxylic acids is 1. The quantitative estimate of drug-likeness (QED) is 0.820. The molecule has 0 saturated carbocycles. The van der Waals surface area contributed by atoms with E-state index in [1.54, 1.807) is 4.90 Å². The minimum atomic E-state index is -0.0811. The first-order chi connectivity index (χ1) is 8.31. The lowest BCUT2D eigenvalue weighted by atomic mass is 10.3. The van der Waals surface area contributed by atoms with E-state index in [1.807, 2.05) is 42.3 Å². The highest BCUT2D eigenvalue weighted by atomic mass is 16.2. The van der Waals surface area contributed by atoms with Crippen molar-refractivity contribution in [2.75, 3.05) is 31.2 Å². The van der Waals surface area contributed by atoms with Crippen LogP contribution >= 0.6 is 0 Å². The van der Waals surface area contributed by atoms with Crippen LogP contribution in [0.2, 0.25) is 0 Å². The van der Waals surface area contributed by atoms with Crippen LogP contribution in [0.1, 0.15) is 6.92 Å². The topological polar surface area (TPSA) is 47.6 Å². The Morgan fingerprint density at radius 3 is 2.82 bits per heavy atom. The maximum absolute atomic E-state index is 12.1. The van der Waals surface area contributed by atoms with Crippen molar-refractivity contribution in [3.05, 3.63) is 30.3 Å². The predicted octanol–water partition coefficient (Wildman–Crippen LogP) is 1.00. The highest BCUT2D eigenvalue weighted by Crippen LogP contribution is 2.12. The largest absolute Gasteiger partial charge is 0.336 e. The molecule has 92 valence electrons. The standard InChI is InChI=1S/C12H18N4O/c1-2-16(11-6-4-3-5-7-11)12(17)14-15-9-8-13-10-15/h3-7,13H,2,8-10H2,1H3,(H,14,17). The Hall–Kier alpha value is -1.59. The van der Waals surface area contributed by atoms with E-state index in [1.165, 1.54) is 0 Å². The van der Waals surface area contributed by atoms with E-state index in [4.69, 9.17) is 0 Å². The minimum Gasteiger partial charge on any atom is -0.302 e. The van der Waals surface area contributed by atoms with Gasteiger partial charge < -0.3 is 5.32 Å². The zero-order chi connectivity index (χ0) is 12.1. The first kappa shape index (κ1) is 11.9. The summed E-state index contributed by atoms with van der Waals surface area (Å²) in [5.41, 5.74) is 3.80. The molecule has 1 aliphatic rings. The molecule has 1 aromatic carbocycles. The summed E-state index contributed by atoms with van der Waals surface area (Å²) in [6.45, 7) is 5.08. The molecule has 0 aliphatic carbocycles. The number of urea groups is 1. The first-order valence-electron chi connectivity index (χ1n) is 5.90. The lowest BCUT2D eigenvalue weighted by Crippen LogP contribution is -2.48. The summed E-state index contributed by atoms with van der Waals surface area (Å²) in [6, 6.07) is 9.60. The fraction of sp³-hybridized carbons (Fsp3) is 0.417. The summed E-state index contributed by atoms with van der Waals surface area (Å²) in [5, 5.41) is 5.05. The van der Waals surface area contributed by atoms with Crippen LogP contribution in [0.15, 0.2) is 30.3 Å². The molecule has 17 heavy (non-hydrogen) atoms. The molecular formula is C12H18N4O. The maximum Gasteiger partial charge on any atom is 0.336 e. The van der Waals surface area contributed by atoms with E-state index >= 15 is 0 Å². The summed E-state index contributed by atoms with van der Waals surface area (Å²) in [6.07, 6.45) is 0. The van der Waals surface area contributed by atoms with E-state index in [9.17, 15) is 4.79 Å². The average Bonchev–Trinajstić information content (AvgIpc) is 2.84. The van der Waals surface area contributed by atoms with E-state index in [-0.39, 0.29) is 6.03 Å². The second-order valence-corrected chi connectivity index (χ2v) is 3.92. The molecule has 0 aromatic heterocycles. The van der Waals surface area contributed by atoms with Crippen molar-refractivity contribution < 1.29 is 4.79 Å². The second kappa shape index (κ2) is 5.65. The highest BCUT2D eigenvalue weighted by molar-refractivity contribution is 5.91. The summed E-state index contributed by atoms with van der Waals surface area (Å²) in [4.78, 5) is 13.8. The third kappa shape index (κ3) is 2.95. The van der Waals surface area contributed by atoms with Crippen LogP contribution in [0.25, 0.3) is 0 Å². The van der Waals surface area contributed by atoms with Crippen molar-refractivity contribution in [1.82, 2.24) is 15.8 Å². The van der Waals surface area contributed by atoms with Gasteiger partial charge in [-0.05, 0) is 19.1 Å². The van der Waals surface area contributed by atoms with Gasteiger partial charge in [-0.1, -0.05) is 18.2 Å². The smallest absolute Gasteiger partial charge is 0.302 e. The normalized spacial score (nSPS) is 15.8. The fourth-order valence-electron chi connectivity index (χ4n) is 1.85. The van der Waals surface area contributed by atoms with Gasteiger partial charge in [-0.25, -0.2) is 9.80 Å². The zero-order valence-electron chi connectivity index (χ0n) is 10.0. The summed E-state index contributed by atoms with van der Waals surface area (Å²) in [5.74, 6) is 0. The molecule has 1 heterocycles. The van der Waals surface area contributed by atoms with Crippen molar-refractivity contribution >= 4 is 11.7 Å². The molecule has 1 aromatic rings. The van der Waals surface area contributed by atoms with Gasteiger partial charge in [-0.15, -0.1) is 0 Å². The van der Waals surface area contributed by atoms with E-state index < -0.39 is 0 Å². The van der Waals surface area contributed by atoms with Gasteiger partial charge >= 0.3 is 6.03 Å². The number of rotatable bonds is 3. The first-order valence-corrected chi connectivity index (χ1v) is 5.90. The van der Waals surface area contributed by atoms with Crippen LogP contribution in [0, 0.1) is 0 Å². The molecule has 5 heteroatoms. The van der Waals surface area contributed by atoms with Gasteiger partial charge in [0.1, 0.15) is 0 Å². The Morgan fingerprint density at radius 2 is 2.24 bits per heavy atom. The van der Waals surface area contributed by atoms with Crippen molar-refractivity contribution in [3.8, 4) is 0 Å². The average molecular weight is 234 g/mol. The molecule has 0 atom stereocenters. The molecule has 0 radical (unpaired) electrons. The minimum absolute atomic E-state index is 0.0811. The van der Waals surface area contributed by atoms with Gasteiger partial charge in [0, 0.05) is 25.3 Å². The molecule has 1 fully saturated rings. The number of nitrogens with one attached hydrogen (secondary N) is 2. The van der Waals surface area contributed by atoms with E-state index in [2.05, 4.69) is 10.7 Å². The summed E-state index contributed by atoms with van der Waals surface area (Å²) in [7, 11) is 0. The second-order valence-electron chi connectivity index (χ2n) is 3.92. The third-order valence-corrected chi connectivity index (χ3v) is 2.74. The number of amides is 2. The summed E-state index contributed by atoms with van der Waals surface area (Å²) >= 11 is 0. The van der Waals surface area contributed by atoms with Gasteiger partial charge in [-0.3, -0.25) is 10.3 Å². The number of nitrogens with zero attached hydrogens (tertiary/aromatic N) is 2. The molecule has 5 nitrogen and oxygen atoms in total. The van der Waals surface area contributed by atoms with Crippen LogP contribution in [-0.4, -0.2) is 37.3 Å². The number of para-hydroxylation sites is 1. The zero-order valence-corrected chi connectivity index (χ0v) is 10.0. The van der Waals surface area contributed by atoms with Gasteiger partial charge in [0.05, 0.1) is 6.67 Å². The molecule has 0 spiro atoms. The van der Waals surface area contributed by atoms with Crippen LogP contribution in [0.4, 0.5) is 10.5 Å². The number of hydrogen-bond acceptors (Lipinski definition) is 3. The molecule has 1 saturated heterocycles. The number of hydrazine groups is 1. The van der Waals surface area contributed by atoms with Crippen molar-refractivity contribution in [2.24, 2.45) is 0 Å². The van der Waals surface area contributed by atoms with Crippen LogP contribution in [0.3, 0.4) is 0 Å². The SMILES string of the molecule is CCN(C(=O)NN1CCNC1)c1ccccc1. The third-order valence-electron chi connectivity index (χ3n) is 2.74. The Labute approximate surface area is 101 Å². The molecule has 0 unspecified atom stereocenters. The Morgan fingerprint density at radius 1 is 1.47 bits per heavy atom. The monoisotopic (exact) mass is 234 g/mol.